The molecule has 0 aliphatic heterocycles. The summed E-state index contributed by atoms with van der Waals surface area (Å²) in [6.07, 6.45) is 4.50. The normalized spacial score (nSPS) is 11.6. The summed E-state index contributed by atoms with van der Waals surface area (Å²) in [6.45, 7) is 4.55. The summed E-state index contributed by atoms with van der Waals surface area (Å²) < 4.78 is 5.45. The van der Waals surface area contributed by atoms with Crippen LogP contribution in [0.2, 0.25) is 0 Å². The van der Waals surface area contributed by atoms with E-state index in [-0.39, 0.29) is 11.8 Å². The first-order chi connectivity index (χ1) is 8.67. The van der Waals surface area contributed by atoms with Gasteiger partial charge in [-0.3, -0.25) is 0 Å². The van der Waals surface area contributed by atoms with E-state index >= 15 is 0 Å². The summed E-state index contributed by atoms with van der Waals surface area (Å²) in [5.74, 6) is -0.0451. The number of hydrogen-bond donors (Lipinski definition) is 2. The van der Waals surface area contributed by atoms with Gasteiger partial charge in [-0.05, 0) is 19.4 Å². The highest BCUT2D eigenvalue weighted by Gasteiger charge is 2.06. The zero-order chi connectivity index (χ0) is 13.4. The van der Waals surface area contributed by atoms with Gasteiger partial charge >= 0.3 is 6.01 Å². The van der Waals surface area contributed by atoms with E-state index in [4.69, 9.17) is 15.7 Å². The van der Waals surface area contributed by atoms with E-state index in [2.05, 4.69) is 22.0 Å². The van der Waals surface area contributed by atoms with Crippen molar-refractivity contribution in [1.82, 2.24) is 9.97 Å². The first kappa shape index (κ1) is 14.2. The van der Waals surface area contributed by atoms with Crippen molar-refractivity contribution in [2.24, 2.45) is 10.9 Å². The van der Waals surface area contributed by atoms with Gasteiger partial charge in [-0.2, -0.15) is 4.98 Å². The summed E-state index contributed by atoms with van der Waals surface area (Å²) in [5, 5.41) is 11.5. The van der Waals surface area contributed by atoms with Crippen LogP contribution in [0.4, 0.5) is 0 Å². The van der Waals surface area contributed by atoms with E-state index in [9.17, 15) is 0 Å². The second-order valence-corrected chi connectivity index (χ2v) is 4.07. The Bertz CT molecular complexity index is 407. The van der Waals surface area contributed by atoms with Gasteiger partial charge in [0, 0.05) is 5.69 Å². The molecule has 0 atom stereocenters. The van der Waals surface area contributed by atoms with Crippen molar-refractivity contribution >= 4 is 5.84 Å². The third kappa shape index (κ3) is 4.57. The molecule has 1 aromatic rings. The quantitative estimate of drug-likeness (QED) is 0.254. The first-order valence-electron chi connectivity index (χ1n) is 6.13. The average Bonchev–Trinajstić information content (AvgIpc) is 2.37. The third-order valence-electron chi connectivity index (χ3n) is 2.43. The maximum Gasteiger partial charge on any atom is 0.317 e. The van der Waals surface area contributed by atoms with Crippen LogP contribution in [-0.2, 0) is 0 Å². The molecule has 0 saturated heterocycles. The molecule has 3 N–H and O–H groups in total. The minimum atomic E-state index is -0.0451. The summed E-state index contributed by atoms with van der Waals surface area (Å²) in [7, 11) is 0. The van der Waals surface area contributed by atoms with E-state index < -0.39 is 0 Å². The topological polar surface area (TPSA) is 93.6 Å². The smallest absolute Gasteiger partial charge is 0.317 e. The predicted molar refractivity (Wildman–Crippen MR) is 68.9 cm³/mol. The monoisotopic (exact) mass is 252 g/mol. The number of nitrogens with zero attached hydrogens (tertiary/aromatic N) is 3. The van der Waals surface area contributed by atoms with Crippen LogP contribution in [-0.4, -0.2) is 27.6 Å². The van der Waals surface area contributed by atoms with Gasteiger partial charge in [0.05, 0.1) is 6.61 Å². The Morgan fingerprint density at radius 1 is 1.39 bits per heavy atom. The van der Waals surface area contributed by atoms with Crippen molar-refractivity contribution in [2.45, 2.75) is 39.5 Å². The number of aromatic nitrogens is 2. The standard InChI is InChI=1S/C12H20N4O2/c1-3-4-5-6-7-18-12-14-9(2)8-10(15-12)11(13)16-17/h8,17H,3-7H2,1-2H3,(H2,13,16). The van der Waals surface area contributed by atoms with Crippen LogP contribution in [0.1, 0.15) is 44.0 Å². The van der Waals surface area contributed by atoms with Gasteiger partial charge in [-0.25, -0.2) is 4.98 Å². The summed E-state index contributed by atoms with van der Waals surface area (Å²) in [5.41, 5.74) is 6.57. The zero-order valence-electron chi connectivity index (χ0n) is 10.9. The lowest BCUT2D eigenvalue weighted by Crippen LogP contribution is -2.16. The minimum absolute atomic E-state index is 0.0451. The largest absolute Gasteiger partial charge is 0.463 e. The molecular weight excluding hydrogens is 232 g/mol. The van der Waals surface area contributed by atoms with Crippen LogP contribution in [0.25, 0.3) is 0 Å². The molecule has 0 aliphatic carbocycles. The number of unbranched alkanes of at least 4 members (excludes halogenated alkanes) is 3. The van der Waals surface area contributed by atoms with Crippen LogP contribution in [0.5, 0.6) is 6.01 Å². The Balaban J connectivity index is 2.58. The van der Waals surface area contributed by atoms with Gasteiger partial charge in [0.15, 0.2) is 5.84 Å². The molecule has 1 aromatic heterocycles. The summed E-state index contributed by atoms with van der Waals surface area (Å²) in [6, 6.07) is 1.91. The fourth-order valence-electron chi connectivity index (χ4n) is 1.48. The number of nitrogens with two attached hydrogens (primary N) is 1. The Kier molecular flexibility index (Phi) is 5.90. The number of hydrogen-bond acceptors (Lipinski definition) is 5. The molecule has 0 bridgehead atoms. The predicted octanol–water partition coefficient (Wildman–Crippen LogP) is 1.84. The van der Waals surface area contributed by atoms with Crippen LogP contribution in [0.15, 0.2) is 11.2 Å². The molecule has 0 aliphatic rings. The van der Waals surface area contributed by atoms with E-state index in [1.54, 1.807) is 13.0 Å². The molecule has 6 heteroatoms. The number of oxime groups is 1. The van der Waals surface area contributed by atoms with Gasteiger partial charge in [-0.15, -0.1) is 0 Å². The van der Waals surface area contributed by atoms with E-state index in [1.165, 1.54) is 12.8 Å². The molecule has 0 unspecified atom stereocenters. The first-order valence-corrected chi connectivity index (χ1v) is 6.13. The van der Waals surface area contributed by atoms with Crippen molar-refractivity contribution in [1.29, 1.82) is 0 Å². The van der Waals surface area contributed by atoms with Crippen molar-refractivity contribution in [2.75, 3.05) is 6.61 Å². The fourth-order valence-corrected chi connectivity index (χ4v) is 1.48. The van der Waals surface area contributed by atoms with Crippen LogP contribution < -0.4 is 10.5 Å². The minimum Gasteiger partial charge on any atom is -0.463 e. The maximum absolute atomic E-state index is 8.60. The second-order valence-electron chi connectivity index (χ2n) is 4.07. The molecule has 18 heavy (non-hydrogen) atoms. The maximum atomic E-state index is 8.60. The van der Waals surface area contributed by atoms with Crippen molar-refractivity contribution in [3.8, 4) is 6.01 Å². The lowest BCUT2D eigenvalue weighted by atomic mass is 10.2. The number of amidine groups is 1. The Hall–Kier alpha value is -1.85. The van der Waals surface area contributed by atoms with Crippen molar-refractivity contribution < 1.29 is 9.94 Å². The molecule has 0 radical (unpaired) electrons. The zero-order valence-corrected chi connectivity index (χ0v) is 10.9. The van der Waals surface area contributed by atoms with Gasteiger partial charge in [0.1, 0.15) is 5.69 Å². The van der Waals surface area contributed by atoms with Gasteiger partial charge in [0.2, 0.25) is 0 Å². The summed E-state index contributed by atoms with van der Waals surface area (Å²) in [4.78, 5) is 8.22. The van der Waals surface area contributed by atoms with Crippen LogP contribution in [0, 0.1) is 6.92 Å². The van der Waals surface area contributed by atoms with Crippen LogP contribution in [0.3, 0.4) is 0 Å². The Labute approximate surface area is 107 Å². The van der Waals surface area contributed by atoms with Crippen molar-refractivity contribution in [3.05, 3.63) is 17.5 Å². The molecule has 0 fully saturated rings. The SMILES string of the molecule is CCCCCCOc1nc(C)cc(/C(N)=N/O)n1. The van der Waals surface area contributed by atoms with E-state index in [0.29, 0.717) is 12.3 Å². The van der Waals surface area contributed by atoms with E-state index in [0.717, 1.165) is 18.5 Å². The summed E-state index contributed by atoms with van der Waals surface area (Å²) >= 11 is 0. The van der Waals surface area contributed by atoms with Gasteiger partial charge in [-0.1, -0.05) is 31.3 Å². The molecule has 0 spiro atoms. The molecule has 100 valence electrons. The molecule has 1 heterocycles. The highest BCUT2D eigenvalue weighted by Crippen LogP contribution is 2.08. The second kappa shape index (κ2) is 7.47. The van der Waals surface area contributed by atoms with E-state index in [1.807, 2.05) is 0 Å². The van der Waals surface area contributed by atoms with Crippen LogP contribution >= 0.6 is 0 Å². The third-order valence-corrected chi connectivity index (χ3v) is 2.43. The van der Waals surface area contributed by atoms with Crippen molar-refractivity contribution in [3.63, 3.8) is 0 Å². The molecule has 0 aromatic carbocycles. The van der Waals surface area contributed by atoms with Gasteiger partial charge < -0.3 is 15.7 Å². The number of aryl methyl sites for hydroxylation is 1. The molecular formula is C12H20N4O2. The fraction of sp³-hybridized carbons (Fsp3) is 0.583. The van der Waals surface area contributed by atoms with Gasteiger partial charge in [0.25, 0.3) is 0 Å². The average molecular weight is 252 g/mol. The highest BCUT2D eigenvalue weighted by molar-refractivity contribution is 5.95. The lowest BCUT2D eigenvalue weighted by molar-refractivity contribution is 0.280. The Morgan fingerprint density at radius 3 is 2.83 bits per heavy atom. The number of rotatable bonds is 7. The highest BCUT2D eigenvalue weighted by atomic mass is 16.5. The molecule has 6 nitrogen and oxygen atoms in total. The lowest BCUT2D eigenvalue weighted by Gasteiger charge is -2.06. The number of ether oxygens (including phenoxy) is 1. The molecule has 0 amide bonds. The molecule has 1 rings (SSSR count). The molecule has 0 saturated carbocycles. The Morgan fingerprint density at radius 2 is 2.17 bits per heavy atom.